The highest BCUT2D eigenvalue weighted by Crippen LogP contribution is 2.41. The Labute approximate surface area is 208 Å². The third-order valence-electron chi connectivity index (χ3n) is 5.30. The zero-order chi connectivity index (χ0) is 25.9. The summed E-state index contributed by atoms with van der Waals surface area (Å²) in [5, 5.41) is 16.5. The summed E-state index contributed by atoms with van der Waals surface area (Å²) in [5.41, 5.74) is 2.07. The van der Waals surface area contributed by atoms with Gasteiger partial charge in [0.25, 0.3) is 5.91 Å². The summed E-state index contributed by atoms with van der Waals surface area (Å²) in [6.07, 6.45) is -0.999. The van der Waals surface area contributed by atoms with Crippen LogP contribution in [0.25, 0.3) is 21.7 Å². The van der Waals surface area contributed by atoms with E-state index in [0.29, 0.717) is 30.2 Å². The molecule has 3 aromatic heterocycles. The molecule has 1 aliphatic carbocycles. The SMILES string of the molecule is CCNC(O)Nc1cc(-c2nc(C(F)(F)F)cs2)c(-c2cc(C(=O)NN)cnc2OCC2CC2)cn1. The molecule has 6 N–H and O–H groups in total. The number of halogens is 3. The second-order valence-corrected chi connectivity index (χ2v) is 8.92. The number of aromatic nitrogens is 3. The number of ether oxygens (including phenoxy) is 1. The third-order valence-corrected chi connectivity index (χ3v) is 6.17. The van der Waals surface area contributed by atoms with Gasteiger partial charge in [-0.15, -0.1) is 11.3 Å². The van der Waals surface area contributed by atoms with Gasteiger partial charge in [-0.3, -0.25) is 15.5 Å². The zero-order valence-corrected chi connectivity index (χ0v) is 19.9. The summed E-state index contributed by atoms with van der Waals surface area (Å²) in [5.74, 6) is 5.45. The molecule has 10 nitrogen and oxygen atoms in total. The number of nitrogens with one attached hydrogen (secondary N) is 3. The van der Waals surface area contributed by atoms with Gasteiger partial charge in [0, 0.05) is 34.5 Å². The van der Waals surface area contributed by atoms with Crippen LogP contribution in [0.3, 0.4) is 0 Å². The second-order valence-electron chi connectivity index (χ2n) is 8.06. The van der Waals surface area contributed by atoms with Crippen molar-refractivity contribution in [2.75, 3.05) is 18.5 Å². The van der Waals surface area contributed by atoms with E-state index >= 15 is 0 Å². The number of aliphatic hydroxyl groups excluding tert-OH is 1. The normalized spacial score (nSPS) is 14.4. The number of amides is 1. The lowest BCUT2D eigenvalue weighted by atomic mass is 10.0. The first-order valence-corrected chi connectivity index (χ1v) is 11.9. The van der Waals surface area contributed by atoms with Crippen LogP contribution in [0.1, 0.15) is 35.8 Å². The molecule has 1 amide bonds. The number of pyridine rings is 2. The maximum Gasteiger partial charge on any atom is 0.434 e. The molecule has 1 fully saturated rings. The van der Waals surface area contributed by atoms with E-state index in [9.17, 15) is 23.1 Å². The van der Waals surface area contributed by atoms with Crippen molar-refractivity contribution in [3.8, 4) is 27.6 Å². The first-order chi connectivity index (χ1) is 17.2. The third kappa shape index (κ3) is 6.07. The Balaban J connectivity index is 1.84. The number of rotatable bonds is 10. The van der Waals surface area contributed by atoms with E-state index in [1.165, 1.54) is 24.5 Å². The number of nitrogens with two attached hydrogens (primary N) is 1. The van der Waals surface area contributed by atoms with Gasteiger partial charge in [0.15, 0.2) is 12.0 Å². The molecule has 1 saturated carbocycles. The minimum Gasteiger partial charge on any atom is -0.477 e. The minimum atomic E-state index is -4.62. The topological polar surface area (TPSA) is 147 Å². The molecule has 1 atom stereocenters. The lowest BCUT2D eigenvalue weighted by molar-refractivity contribution is -0.140. The number of nitrogen functional groups attached to an aromatic ring is 1. The van der Waals surface area contributed by atoms with Gasteiger partial charge in [-0.25, -0.2) is 20.8 Å². The number of aliphatic hydroxyl groups is 1. The highest BCUT2D eigenvalue weighted by atomic mass is 32.1. The molecule has 0 bridgehead atoms. The Bertz CT molecular complexity index is 1230. The summed E-state index contributed by atoms with van der Waals surface area (Å²) in [4.78, 5) is 24.5. The number of carbonyl (C=O) groups is 1. The number of anilines is 1. The van der Waals surface area contributed by atoms with Crippen LogP contribution in [0.4, 0.5) is 19.0 Å². The van der Waals surface area contributed by atoms with Gasteiger partial charge in [0.1, 0.15) is 10.8 Å². The summed E-state index contributed by atoms with van der Waals surface area (Å²) in [6.45, 7) is 2.67. The van der Waals surface area contributed by atoms with E-state index in [1.54, 1.807) is 6.92 Å². The van der Waals surface area contributed by atoms with Gasteiger partial charge in [-0.1, -0.05) is 6.92 Å². The lowest BCUT2D eigenvalue weighted by Crippen LogP contribution is -2.35. The minimum absolute atomic E-state index is 0.0579. The highest BCUT2D eigenvalue weighted by Gasteiger charge is 2.34. The maximum absolute atomic E-state index is 13.3. The number of nitrogens with zero attached hydrogens (tertiary/aromatic N) is 3. The number of hydrogen-bond donors (Lipinski definition) is 5. The Morgan fingerprint density at radius 3 is 2.67 bits per heavy atom. The molecule has 0 saturated heterocycles. The second kappa shape index (κ2) is 10.7. The van der Waals surface area contributed by atoms with Gasteiger partial charge in [-0.2, -0.15) is 13.2 Å². The Morgan fingerprint density at radius 1 is 1.25 bits per heavy atom. The highest BCUT2D eigenvalue weighted by molar-refractivity contribution is 7.13. The van der Waals surface area contributed by atoms with E-state index in [-0.39, 0.29) is 27.8 Å². The molecule has 4 rings (SSSR count). The fraction of sp³-hybridized carbons (Fsp3) is 0.364. The fourth-order valence-electron chi connectivity index (χ4n) is 3.29. The van der Waals surface area contributed by atoms with Gasteiger partial charge >= 0.3 is 6.18 Å². The van der Waals surface area contributed by atoms with Crippen molar-refractivity contribution in [1.29, 1.82) is 0 Å². The van der Waals surface area contributed by atoms with Crippen molar-refractivity contribution in [1.82, 2.24) is 25.7 Å². The quantitative estimate of drug-likeness (QED) is 0.117. The molecular weight excluding hydrogens is 499 g/mol. The van der Waals surface area contributed by atoms with Gasteiger partial charge < -0.3 is 15.2 Å². The summed E-state index contributed by atoms with van der Waals surface area (Å²) in [6, 6.07) is 2.95. The van der Waals surface area contributed by atoms with E-state index in [2.05, 4.69) is 25.6 Å². The van der Waals surface area contributed by atoms with Gasteiger partial charge in [0.2, 0.25) is 5.88 Å². The summed E-state index contributed by atoms with van der Waals surface area (Å²) >= 11 is 0.800. The molecule has 3 heterocycles. The molecule has 1 unspecified atom stereocenters. The van der Waals surface area contributed by atoms with Crippen LogP contribution in [0.5, 0.6) is 5.88 Å². The van der Waals surface area contributed by atoms with Crippen LogP contribution >= 0.6 is 11.3 Å². The molecule has 0 aliphatic heterocycles. The van der Waals surface area contributed by atoms with Crippen LogP contribution in [0.15, 0.2) is 29.9 Å². The van der Waals surface area contributed by atoms with Gasteiger partial charge in [-0.05, 0) is 37.4 Å². The maximum atomic E-state index is 13.3. The van der Waals surface area contributed by atoms with Crippen molar-refractivity contribution < 1.29 is 27.8 Å². The number of carbonyl (C=O) groups excluding carboxylic acids is 1. The molecule has 1 aliphatic rings. The van der Waals surface area contributed by atoms with Crippen molar-refractivity contribution in [3.05, 3.63) is 41.2 Å². The Kier molecular flexibility index (Phi) is 7.68. The molecule has 36 heavy (non-hydrogen) atoms. The standard InChI is InChI=1S/C22H24F3N7O3S/c1-2-27-21(34)31-17-6-14(20-30-16(10-36-20)22(23,24)25)15(8-28-17)13-5-12(18(33)32-26)7-29-19(13)35-9-11-3-4-11/h5-8,10-11,21,27,34H,2-4,9,26H2,1H3,(H,28,31)(H,32,33). The average molecular weight is 524 g/mol. The number of hydrogen-bond acceptors (Lipinski definition) is 10. The molecular formula is C22H24F3N7O3S. The Morgan fingerprint density at radius 2 is 2.03 bits per heavy atom. The number of thiazole rings is 1. The predicted octanol–water partition coefficient (Wildman–Crippen LogP) is 2.98. The van der Waals surface area contributed by atoms with E-state index < -0.39 is 24.1 Å². The molecule has 192 valence electrons. The monoisotopic (exact) mass is 523 g/mol. The summed E-state index contributed by atoms with van der Waals surface area (Å²) < 4.78 is 45.8. The first kappa shape index (κ1) is 25.8. The van der Waals surface area contributed by atoms with Crippen molar-refractivity contribution >= 4 is 23.1 Å². The zero-order valence-electron chi connectivity index (χ0n) is 19.1. The van der Waals surface area contributed by atoms with Crippen LogP contribution in [0, 0.1) is 5.92 Å². The largest absolute Gasteiger partial charge is 0.477 e. The van der Waals surface area contributed by atoms with Crippen molar-refractivity contribution in [3.63, 3.8) is 0 Å². The average Bonchev–Trinajstić information content (AvgIpc) is 3.53. The molecule has 0 aromatic carbocycles. The van der Waals surface area contributed by atoms with Gasteiger partial charge in [0.05, 0.1) is 12.2 Å². The van der Waals surface area contributed by atoms with Crippen LogP contribution < -0.4 is 26.6 Å². The Hall–Kier alpha value is -3.33. The van der Waals surface area contributed by atoms with Crippen molar-refractivity contribution in [2.45, 2.75) is 32.3 Å². The number of alkyl halides is 3. The summed E-state index contributed by atoms with van der Waals surface area (Å²) in [7, 11) is 0. The lowest BCUT2D eigenvalue weighted by Gasteiger charge is -2.17. The number of hydrazine groups is 1. The van der Waals surface area contributed by atoms with E-state index in [4.69, 9.17) is 10.6 Å². The fourth-order valence-corrected chi connectivity index (χ4v) is 4.14. The first-order valence-electron chi connectivity index (χ1n) is 11.0. The molecule has 14 heteroatoms. The predicted molar refractivity (Wildman–Crippen MR) is 127 cm³/mol. The van der Waals surface area contributed by atoms with Crippen LogP contribution in [-0.4, -0.2) is 45.5 Å². The van der Waals surface area contributed by atoms with E-state index in [0.717, 1.165) is 29.6 Å². The molecule has 3 aromatic rings. The van der Waals surface area contributed by atoms with Crippen LogP contribution in [0.2, 0.25) is 0 Å². The smallest absolute Gasteiger partial charge is 0.434 e. The van der Waals surface area contributed by atoms with E-state index in [1.807, 2.05) is 5.43 Å². The molecule has 0 spiro atoms. The van der Waals surface area contributed by atoms with Crippen LogP contribution in [-0.2, 0) is 6.18 Å². The van der Waals surface area contributed by atoms with Crippen molar-refractivity contribution in [2.24, 2.45) is 11.8 Å². The molecule has 0 radical (unpaired) electrons.